The number of hydrogen-bond donors (Lipinski definition) is 0. The minimum Gasteiger partial charge on any atom is -0.458 e. The Kier molecular flexibility index (Phi) is 9.35. The number of fused-ring (bicyclic) bond motifs is 6. The third-order valence-corrected chi connectivity index (χ3v) is 11.3. The minimum atomic E-state index is -0.847. The van der Waals surface area contributed by atoms with Gasteiger partial charge >= 0.3 is 18.0 Å². The van der Waals surface area contributed by atoms with Crippen molar-refractivity contribution in [3.8, 4) is 0 Å². The number of Topliss-reactive ketones (excluding diaryl/α,β-unsaturated/α-hetero) is 1. The van der Waals surface area contributed by atoms with Crippen molar-refractivity contribution in [2.24, 2.45) is 29.6 Å². The third-order valence-electron chi connectivity index (χ3n) is 11.3. The molecule has 3 aliphatic heterocycles. The van der Waals surface area contributed by atoms with Crippen LogP contribution in [0, 0.1) is 29.6 Å². The molecule has 0 N–H and O–H groups in total. The van der Waals surface area contributed by atoms with Crippen LogP contribution in [0.3, 0.4) is 0 Å². The predicted octanol–water partition coefficient (Wildman–Crippen LogP) is 6.66. The van der Waals surface area contributed by atoms with Crippen molar-refractivity contribution in [1.29, 1.82) is 0 Å². The molecule has 0 aromatic heterocycles. The van der Waals surface area contributed by atoms with E-state index in [9.17, 15) is 24.0 Å². The molecule has 3 saturated carbocycles. The van der Waals surface area contributed by atoms with Gasteiger partial charge in [-0.3, -0.25) is 9.59 Å². The molecule has 11 heteroatoms. The zero-order valence-corrected chi connectivity index (χ0v) is 30.0. The molecule has 0 aromatic carbocycles. The van der Waals surface area contributed by atoms with Crippen LogP contribution in [0.25, 0.3) is 0 Å². The predicted molar refractivity (Wildman–Crippen MR) is 183 cm³/mol. The van der Waals surface area contributed by atoms with E-state index in [0.29, 0.717) is 46.8 Å². The average Bonchev–Trinajstić information content (AvgIpc) is 3.89. The zero-order valence-electron chi connectivity index (χ0n) is 30.0. The Hall–Kier alpha value is -4.41. The molecule has 11 nitrogen and oxygen atoms in total. The Morgan fingerprint density at radius 2 is 1.33 bits per heavy atom. The maximum Gasteiger partial charge on any atom is 0.417 e. The second kappa shape index (κ2) is 13.6. The lowest BCUT2D eigenvalue weighted by Gasteiger charge is -2.29. The molecule has 0 aromatic rings. The van der Waals surface area contributed by atoms with Crippen LogP contribution >= 0.6 is 0 Å². The van der Waals surface area contributed by atoms with E-state index in [4.69, 9.17) is 23.7 Å². The first kappa shape index (κ1) is 35.0. The minimum absolute atomic E-state index is 0.133. The van der Waals surface area contributed by atoms with Gasteiger partial charge in [-0.2, -0.15) is 0 Å². The van der Waals surface area contributed by atoms with Gasteiger partial charge in [0.2, 0.25) is 0 Å². The molecule has 272 valence electrons. The fourth-order valence-corrected chi connectivity index (χ4v) is 9.03. The van der Waals surface area contributed by atoms with Crippen LogP contribution in [0.4, 0.5) is 4.79 Å². The topological polar surface area (TPSA) is 135 Å². The van der Waals surface area contributed by atoms with E-state index >= 15 is 0 Å². The summed E-state index contributed by atoms with van der Waals surface area (Å²) < 4.78 is 26.8. The van der Waals surface area contributed by atoms with Gasteiger partial charge in [0.05, 0.1) is 24.1 Å². The number of ether oxygens (including phenoxy) is 5. The van der Waals surface area contributed by atoms with Crippen LogP contribution < -0.4 is 0 Å². The largest absolute Gasteiger partial charge is 0.458 e. The molecule has 8 aliphatic rings. The molecule has 0 spiro atoms. The van der Waals surface area contributed by atoms with Crippen molar-refractivity contribution in [3.05, 3.63) is 70.3 Å². The van der Waals surface area contributed by atoms with Crippen molar-refractivity contribution in [2.45, 2.75) is 117 Å². The van der Waals surface area contributed by atoms with E-state index in [0.717, 1.165) is 49.7 Å². The number of rotatable bonds is 4. The van der Waals surface area contributed by atoms with Crippen LogP contribution in [0.15, 0.2) is 70.3 Å². The standard InChI is InChI=1S/C22H27NO6.C18H20O4/c1-12-9-17(28-20(12)25)27-11-16-15-10-13-7-5-6-8-14(13)18(15)23(19(16)24)21(26)29-22(2,3)4;1-10-6-17(22-18(10)20)21-9-15-13-7-11-4-2-3-5-12(11)14(13)8-16(15)19/h8-9,11,13,15,17-18H,5-7,10H2,1-4H3;5-6,9,11,13-14,17H,2-4,7-8H2,1H3/b16-11+;15-9+/t13-,15+,17-,18+;11-,13-,14+,17-/m00/s1. The number of nitrogens with zero attached hydrogens (tertiary/aromatic N) is 1. The highest BCUT2D eigenvalue weighted by molar-refractivity contribution is 6.06. The zero-order chi connectivity index (χ0) is 36.2. The number of amides is 2. The highest BCUT2D eigenvalue weighted by Gasteiger charge is 2.56. The number of likely N-dealkylation sites (tertiary alicyclic amines) is 1. The Morgan fingerprint density at radius 1 is 0.784 bits per heavy atom. The Balaban J connectivity index is 0.000000165. The molecular weight excluding hydrogens is 654 g/mol. The smallest absolute Gasteiger partial charge is 0.417 e. The fraction of sp³-hybridized carbons (Fsp3) is 0.575. The van der Waals surface area contributed by atoms with Gasteiger partial charge < -0.3 is 23.7 Å². The lowest BCUT2D eigenvalue weighted by atomic mass is 9.86. The second-order valence-electron chi connectivity index (χ2n) is 15.8. The maximum absolute atomic E-state index is 13.2. The monoisotopic (exact) mass is 701 g/mol. The number of allylic oxidation sites excluding steroid dienone is 4. The molecule has 3 heterocycles. The molecule has 8 rings (SSSR count). The van der Waals surface area contributed by atoms with Gasteiger partial charge in [0.25, 0.3) is 18.5 Å². The van der Waals surface area contributed by atoms with Gasteiger partial charge in [0.15, 0.2) is 5.78 Å². The molecule has 5 aliphatic carbocycles. The van der Waals surface area contributed by atoms with Crippen molar-refractivity contribution in [3.63, 3.8) is 0 Å². The summed E-state index contributed by atoms with van der Waals surface area (Å²) in [5.74, 6) is 0.576. The highest BCUT2D eigenvalue weighted by Crippen LogP contribution is 2.54. The normalized spacial score (nSPS) is 35.1. The summed E-state index contributed by atoms with van der Waals surface area (Å²) in [7, 11) is 0. The summed E-state index contributed by atoms with van der Waals surface area (Å²) in [5.41, 5.74) is 4.21. The molecule has 4 fully saturated rings. The van der Waals surface area contributed by atoms with Gasteiger partial charge in [-0.15, -0.1) is 0 Å². The Bertz CT molecular complexity index is 1720. The van der Waals surface area contributed by atoms with Crippen molar-refractivity contribution in [1.82, 2.24) is 4.90 Å². The summed E-state index contributed by atoms with van der Waals surface area (Å²) in [5, 5.41) is 0. The molecule has 2 amide bonds. The number of imide groups is 1. The Labute approximate surface area is 298 Å². The Morgan fingerprint density at radius 3 is 1.90 bits per heavy atom. The number of esters is 2. The molecular formula is C40H47NO10. The lowest BCUT2D eigenvalue weighted by molar-refractivity contribution is -0.153. The van der Waals surface area contributed by atoms with E-state index in [1.807, 2.05) is 0 Å². The van der Waals surface area contributed by atoms with Crippen LogP contribution in [0.1, 0.15) is 92.4 Å². The van der Waals surface area contributed by atoms with Crippen LogP contribution in [-0.2, 0) is 42.9 Å². The van der Waals surface area contributed by atoms with Crippen LogP contribution in [0.5, 0.6) is 0 Å². The van der Waals surface area contributed by atoms with E-state index in [1.165, 1.54) is 29.6 Å². The first-order valence-corrected chi connectivity index (χ1v) is 18.3. The van der Waals surface area contributed by atoms with Gasteiger partial charge in [-0.25, -0.2) is 19.3 Å². The fourth-order valence-electron chi connectivity index (χ4n) is 9.03. The summed E-state index contributed by atoms with van der Waals surface area (Å²) in [4.78, 5) is 62.5. The van der Waals surface area contributed by atoms with E-state index < -0.39 is 36.2 Å². The number of ketones is 1. The molecule has 8 atom stereocenters. The van der Waals surface area contributed by atoms with Gasteiger partial charge in [-0.05, 0) is 115 Å². The third kappa shape index (κ3) is 6.83. The number of carbonyl (C=O) groups excluding carboxylic acids is 5. The molecule has 51 heavy (non-hydrogen) atoms. The van der Waals surface area contributed by atoms with E-state index in [1.54, 1.807) is 53.0 Å². The maximum atomic E-state index is 13.2. The SMILES string of the molecule is CC1=C[C@@H](O/C=C2/C(=O)C[C@@H]3C4=CCCC[C@H]4C[C@H]23)OC1=O.CC1=C[C@@H](O/C=C2/C(=O)N(C(=O)OC(C)(C)C)[C@@H]3C4=CCCC[C@H]4C[C@H]23)OC1=O. The van der Waals surface area contributed by atoms with E-state index in [-0.39, 0.29) is 23.7 Å². The lowest BCUT2D eigenvalue weighted by Crippen LogP contribution is -2.43. The van der Waals surface area contributed by atoms with Crippen LogP contribution in [-0.4, -0.2) is 58.8 Å². The van der Waals surface area contributed by atoms with Gasteiger partial charge in [0, 0.05) is 41.2 Å². The van der Waals surface area contributed by atoms with Crippen molar-refractivity contribution in [2.75, 3.05) is 0 Å². The highest BCUT2D eigenvalue weighted by atomic mass is 16.7. The molecule has 1 saturated heterocycles. The first-order valence-electron chi connectivity index (χ1n) is 18.3. The van der Waals surface area contributed by atoms with Gasteiger partial charge in [-0.1, -0.05) is 17.7 Å². The first-order chi connectivity index (χ1) is 24.3. The van der Waals surface area contributed by atoms with Crippen molar-refractivity contribution < 1.29 is 47.7 Å². The van der Waals surface area contributed by atoms with Crippen molar-refractivity contribution >= 4 is 29.7 Å². The van der Waals surface area contributed by atoms with Gasteiger partial charge in [0.1, 0.15) is 5.60 Å². The summed E-state index contributed by atoms with van der Waals surface area (Å²) in [6.45, 7) is 8.69. The number of cyclic esters (lactones) is 2. The van der Waals surface area contributed by atoms with E-state index in [2.05, 4.69) is 12.2 Å². The summed E-state index contributed by atoms with van der Waals surface area (Å²) >= 11 is 0. The second-order valence-corrected chi connectivity index (χ2v) is 15.8. The summed E-state index contributed by atoms with van der Waals surface area (Å²) in [6.07, 6.45) is 17.8. The number of carbonyl (C=O) groups is 5. The molecule has 0 radical (unpaired) electrons. The quantitative estimate of drug-likeness (QED) is 0.103. The average molecular weight is 702 g/mol. The number of hydrogen-bond acceptors (Lipinski definition) is 10. The molecule has 0 unspecified atom stereocenters. The summed E-state index contributed by atoms with van der Waals surface area (Å²) in [6, 6.07) is -0.319. The van der Waals surface area contributed by atoms with Crippen LogP contribution in [0.2, 0.25) is 0 Å². The molecule has 0 bridgehead atoms.